The third-order valence-corrected chi connectivity index (χ3v) is 2.67. The first-order valence-electron chi connectivity index (χ1n) is 6.18. The lowest BCUT2D eigenvalue weighted by molar-refractivity contribution is 0.548. The monoisotopic (exact) mass is 297 g/mol. The topological polar surface area (TPSA) is 75.9 Å². The fourth-order valence-corrected chi connectivity index (χ4v) is 1.65. The number of hydrogen-bond acceptors (Lipinski definition) is 5. The summed E-state index contributed by atoms with van der Waals surface area (Å²) in [5, 5.41) is 2.47. The van der Waals surface area contributed by atoms with Crippen molar-refractivity contribution in [1.29, 1.82) is 0 Å². The van der Waals surface area contributed by atoms with Gasteiger partial charge in [-0.15, -0.1) is 0 Å². The summed E-state index contributed by atoms with van der Waals surface area (Å²) in [6, 6.07) is 2.55. The maximum atomic E-state index is 13.6. The second kappa shape index (κ2) is 5.96. The molecular formula is C13H14F3N5. The molecule has 0 aliphatic rings. The molecule has 5 nitrogen and oxygen atoms in total. The van der Waals surface area contributed by atoms with E-state index in [1.54, 1.807) is 0 Å². The molecule has 0 aliphatic heterocycles. The molecule has 0 atom stereocenters. The van der Waals surface area contributed by atoms with Crippen LogP contribution in [0.5, 0.6) is 0 Å². The van der Waals surface area contributed by atoms with Crippen molar-refractivity contribution in [2.24, 2.45) is 5.84 Å². The Morgan fingerprint density at radius 3 is 2.10 bits per heavy atom. The van der Waals surface area contributed by atoms with Crippen LogP contribution in [0.3, 0.4) is 0 Å². The number of rotatable bonds is 4. The summed E-state index contributed by atoms with van der Waals surface area (Å²) in [4.78, 5) is 8.25. The molecule has 0 spiro atoms. The van der Waals surface area contributed by atoms with Crippen molar-refractivity contribution >= 4 is 17.3 Å². The van der Waals surface area contributed by atoms with Gasteiger partial charge in [-0.1, -0.05) is 13.8 Å². The molecule has 1 heterocycles. The highest BCUT2D eigenvalue weighted by Crippen LogP contribution is 2.25. The van der Waals surface area contributed by atoms with Gasteiger partial charge in [0.15, 0.2) is 11.6 Å². The van der Waals surface area contributed by atoms with Gasteiger partial charge in [0.1, 0.15) is 29.0 Å². The molecule has 0 bridgehead atoms. The molecule has 0 aliphatic carbocycles. The second-order valence-electron chi connectivity index (χ2n) is 4.67. The first kappa shape index (κ1) is 15.0. The summed E-state index contributed by atoms with van der Waals surface area (Å²) in [6.45, 7) is 3.72. The first-order chi connectivity index (χ1) is 9.90. The summed E-state index contributed by atoms with van der Waals surface area (Å²) in [5.41, 5.74) is 1.86. The minimum absolute atomic E-state index is 0.0123. The average molecular weight is 297 g/mol. The quantitative estimate of drug-likeness (QED) is 0.597. The maximum Gasteiger partial charge on any atom is 0.152 e. The number of hydrogen-bond donors (Lipinski definition) is 3. The summed E-state index contributed by atoms with van der Waals surface area (Å²) in [5.74, 6) is 3.05. The van der Waals surface area contributed by atoms with Crippen molar-refractivity contribution in [1.82, 2.24) is 9.97 Å². The Hall–Kier alpha value is -2.35. The molecule has 0 amide bonds. The predicted octanol–water partition coefficient (Wildman–Crippen LogP) is 3.05. The van der Waals surface area contributed by atoms with E-state index in [0.717, 1.165) is 0 Å². The number of nitrogens with zero attached hydrogens (tertiary/aromatic N) is 2. The Kier molecular flexibility index (Phi) is 4.27. The van der Waals surface area contributed by atoms with Gasteiger partial charge in [0.25, 0.3) is 0 Å². The van der Waals surface area contributed by atoms with Crippen LogP contribution in [0.2, 0.25) is 0 Å². The van der Waals surface area contributed by atoms with Gasteiger partial charge in [-0.05, 0) is 0 Å². The Morgan fingerprint density at radius 2 is 1.57 bits per heavy atom. The van der Waals surface area contributed by atoms with Gasteiger partial charge in [-0.3, -0.25) is 0 Å². The van der Waals surface area contributed by atoms with Crippen LogP contribution < -0.4 is 16.6 Å². The van der Waals surface area contributed by atoms with Crippen molar-refractivity contribution in [3.05, 3.63) is 41.5 Å². The minimum Gasteiger partial charge on any atom is -0.335 e. The Labute approximate surface area is 119 Å². The molecular weight excluding hydrogens is 283 g/mol. The largest absolute Gasteiger partial charge is 0.335 e. The molecule has 2 aromatic rings. The minimum atomic E-state index is -1.06. The van der Waals surface area contributed by atoms with E-state index in [4.69, 9.17) is 5.84 Å². The molecule has 2 rings (SSSR count). The molecule has 0 unspecified atom stereocenters. The smallest absolute Gasteiger partial charge is 0.152 e. The normalized spacial score (nSPS) is 10.8. The number of nitrogens with two attached hydrogens (primary N) is 1. The summed E-state index contributed by atoms with van der Waals surface area (Å²) >= 11 is 0. The first-order valence-corrected chi connectivity index (χ1v) is 6.18. The van der Waals surface area contributed by atoms with Crippen molar-refractivity contribution < 1.29 is 13.2 Å². The summed E-state index contributed by atoms with van der Waals surface area (Å²) in [7, 11) is 0. The van der Waals surface area contributed by atoms with Gasteiger partial charge in [0.05, 0.1) is 0 Å². The van der Waals surface area contributed by atoms with Crippen molar-refractivity contribution in [2.75, 3.05) is 10.7 Å². The zero-order chi connectivity index (χ0) is 15.6. The molecule has 21 heavy (non-hydrogen) atoms. The van der Waals surface area contributed by atoms with Crippen LogP contribution in [0.1, 0.15) is 25.6 Å². The van der Waals surface area contributed by atoms with Gasteiger partial charge >= 0.3 is 0 Å². The number of halogens is 3. The maximum absolute atomic E-state index is 13.6. The molecule has 0 fully saturated rings. The van der Waals surface area contributed by atoms with E-state index in [2.05, 4.69) is 20.7 Å². The molecule has 4 N–H and O–H groups in total. The van der Waals surface area contributed by atoms with E-state index in [-0.39, 0.29) is 11.7 Å². The SMILES string of the molecule is CC(C)c1nc(NN)cc(Nc2c(F)cc(F)cc2F)n1. The summed E-state index contributed by atoms with van der Waals surface area (Å²) in [6.07, 6.45) is 0. The van der Waals surface area contributed by atoms with E-state index in [1.165, 1.54) is 6.07 Å². The Morgan fingerprint density at radius 1 is 1.00 bits per heavy atom. The zero-order valence-electron chi connectivity index (χ0n) is 11.4. The number of benzene rings is 1. The molecule has 1 aromatic heterocycles. The highest BCUT2D eigenvalue weighted by Gasteiger charge is 2.14. The Balaban J connectivity index is 2.42. The van der Waals surface area contributed by atoms with Gasteiger partial charge < -0.3 is 10.7 Å². The van der Waals surface area contributed by atoms with E-state index >= 15 is 0 Å². The van der Waals surface area contributed by atoms with E-state index in [9.17, 15) is 13.2 Å². The van der Waals surface area contributed by atoms with Crippen LogP contribution in [0.15, 0.2) is 18.2 Å². The van der Waals surface area contributed by atoms with Gasteiger partial charge in [-0.2, -0.15) is 0 Å². The fourth-order valence-electron chi connectivity index (χ4n) is 1.65. The fraction of sp³-hybridized carbons (Fsp3) is 0.231. The van der Waals surface area contributed by atoms with Crippen LogP contribution in [0.25, 0.3) is 0 Å². The van der Waals surface area contributed by atoms with Crippen LogP contribution in [0, 0.1) is 17.5 Å². The zero-order valence-corrected chi connectivity index (χ0v) is 11.4. The van der Waals surface area contributed by atoms with Gasteiger partial charge in [0.2, 0.25) is 0 Å². The lowest BCUT2D eigenvalue weighted by Gasteiger charge is -2.12. The van der Waals surface area contributed by atoms with Crippen LogP contribution in [-0.4, -0.2) is 9.97 Å². The van der Waals surface area contributed by atoms with Crippen LogP contribution in [-0.2, 0) is 0 Å². The standard InChI is InChI=1S/C13H14F3N5/c1-6(2)13-19-10(5-11(20-13)21-17)18-12-8(15)3-7(14)4-9(12)16/h3-6H,17H2,1-2H3,(H2,18,19,20,21). The molecule has 112 valence electrons. The summed E-state index contributed by atoms with van der Waals surface area (Å²) < 4.78 is 40.1. The van der Waals surface area contributed by atoms with Crippen molar-refractivity contribution in [3.63, 3.8) is 0 Å². The van der Waals surface area contributed by atoms with E-state index in [1.807, 2.05) is 13.8 Å². The average Bonchev–Trinajstić information content (AvgIpc) is 2.42. The van der Waals surface area contributed by atoms with Crippen molar-refractivity contribution in [3.8, 4) is 0 Å². The third-order valence-electron chi connectivity index (χ3n) is 2.67. The molecule has 8 heteroatoms. The number of nitrogen functional groups attached to an aromatic ring is 1. The number of aromatic nitrogens is 2. The highest BCUT2D eigenvalue weighted by molar-refractivity contribution is 5.60. The molecule has 0 saturated carbocycles. The third kappa shape index (κ3) is 3.40. The Bertz CT molecular complexity index is 637. The lowest BCUT2D eigenvalue weighted by atomic mass is 10.2. The molecule has 1 aromatic carbocycles. The second-order valence-corrected chi connectivity index (χ2v) is 4.67. The van der Waals surface area contributed by atoms with E-state index < -0.39 is 23.1 Å². The van der Waals surface area contributed by atoms with Crippen LogP contribution in [0.4, 0.5) is 30.5 Å². The van der Waals surface area contributed by atoms with E-state index in [0.29, 0.717) is 23.8 Å². The lowest BCUT2D eigenvalue weighted by Crippen LogP contribution is -2.12. The highest BCUT2D eigenvalue weighted by atomic mass is 19.1. The number of hydrazine groups is 1. The van der Waals surface area contributed by atoms with Gasteiger partial charge in [0, 0.05) is 24.1 Å². The van der Waals surface area contributed by atoms with Gasteiger partial charge in [-0.25, -0.2) is 29.0 Å². The van der Waals surface area contributed by atoms with Crippen LogP contribution >= 0.6 is 0 Å². The molecule has 0 saturated heterocycles. The number of anilines is 3. The molecule has 0 radical (unpaired) electrons. The van der Waals surface area contributed by atoms with Crippen molar-refractivity contribution in [2.45, 2.75) is 19.8 Å². The number of nitrogens with one attached hydrogen (secondary N) is 2. The predicted molar refractivity (Wildman–Crippen MR) is 73.5 cm³/mol.